The molecule has 116 valence electrons. The van der Waals surface area contributed by atoms with Gasteiger partial charge in [-0.15, -0.1) is 0 Å². The molecule has 0 bridgehead atoms. The van der Waals surface area contributed by atoms with Crippen molar-refractivity contribution in [3.63, 3.8) is 0 Å². The topological polar surface area (TPSA) is 47.6 Å². The van der Waals surface area contributed by atoms with Crippen LogP contribution in [0.2, 0.25) is 0 Å². The van der Waals surface area contributed by atoms with Gasteiger partial charge in [0.1, 0.15) is 11.6 Å². The second-order valence-electron chi connectivity index (χ2n) is 4.19. The molecule has 2 rings (SSSR count). The molecule has 22 heavy (non-hydrogen) atoms. The van der Waals surface area contributed by atoms with Crippen LogP contribution in [-0.4, -0.2) is 20.2 Å². The van der Waals surface area contributed by atoms with E-state index in [1.807, 2.05) is 0 Å². The van der Waals surface area contributed by atoms with E-state index in [4.69, 9.17) is 4.74 Å². The van der Waals surface area contributed by atoms with Gasteiger partial charge in [0.05, 0.1) is 29.9 Å². The lowest BCUT2D eigenvalue weighted by Gasteiger charge is -2.11. The van der Waals surface area contributed by atoms with E-state index in [9.17, 15) is 9.18 Å². The van der Waals surface area contributed by atoms with Crippen molar-refractivity contribution in [2.24, 2.45) is 0 Å². The fourth-order valence-electron chi connectivity index (χ4n) is 1.67. The number of benzene rings is 2. The molecule has 0 aliphatic carbocycles. The molecule has 0 aromatic heterocycles. The Morgan fingerprint density at radius 3 is 2.64 bits per heavy atom. The molecule has 0 aliphatic rings. The van der Waals surface area contributed by atoms with Crippen LogP contribution in [0.5, 0.6) is 5.75 Å². The highest BCUT2D eigenvalue weighted by atomic mass is 79.9. The van der Waals surface area contributed by atoms with Crippen LogP contribution < -0.4 is 9.46 Å². The molecule has 0 heterocycles. The Kier molecular flexibility index (Phi) is 5.68. The zero-order valence-electron chi connectivity index (χ0n) is 11.9. The smallest absolute Gasteiger partial charge is 0.337 e. The molecule has 0 saturated heterocycles. The van der Waals surface area contributed by atoms with Crippen molar-refractivity contribution in [2.45, 2.75) is 4.90 Å². The van der Waals surface area contributed by atoms with Crippen molar-refractivity contribution in [2.75, 3.05) is 18.9 Å². The zero-order chi connectivity index (χ0) is 16.1. The van der Waals surface area contributed by atoms with Gasteiger partial charge in [0, 0.05) is 4.90 Å². The van der Waals surface area contributed by atoms with Crippen LogP contribution in [0, 0.1) is 5.82 Å². The molecule has 0 spiro atoms. The first-order chi connectivity index (χ1) is 10.5. The Bertz CT molecular complexity index is 696. The monoisotopic (exact) mass is 385 g/mol. The summed E-state index contributed by atoms with van der Waals surface area (Å²) in [4.78, 5) is 12.2. The number of esters is 1. The Morgan fingerprint density at radius 2 is 2.00 bits per heavy atom. The number of hydrogen-bond donors (Lipinski definition) is 1. The third-order valence-corrected chi connectivity index (χ3v) is 4.25. The molecule has 0 aliphatic heterocycles. The van der Waals surface area contributed by atoms with Crippen LogP contribution in [0.3, 0.4) is 0 Å². The van der Waals surface area contributed by atoms with Crippen LogP contribution in [-0.2, 0) is 4.74 Å². The van der Waals surface area contributed by atoms with Gasteiger partial charge in [0.15, 0.2) is 0 Å². The summed E-state index contributed by atoms with van der Waals surface area (Å²) in [6.07, 6.45) is 0. The third kappa shape index (κ3) is 3.92. The Balaban J connectivity index is 2.15. The molecule has 2 aromatic rings. The summed E-state index contributed by atoms with van der Waals surface area (Å²) in [7, 11) is 2.82. The summed E-state index contributed by atoms with van der Waals surface area (Å²) in [5.74, 6) is -0.278. The number of rotatable bonds is 5. The third-order valence-electron chi connectivity index (χ3n) is 2.79. The Labute approximate surface area is 140 Å². The summed E-state index contributed by atoms with van der Waals surface area (Å²) in [6.45, 7) is 0. The molecule has 7 heteroatoms. The van der Waals surface area contributed by atoms with Crippen molar-refractivity contribution < 1.29 is 18.7 Å². The molecule has 4 nitrogen and oxygen atoms in total. The Morgan fingerprint density at radius 1 is 1.23 bits per heavy atom. The first kappa shape index (κ1) is 16.6. The van der Waals surface area contributed by atoms with Crippen LogP contribution in [0.25, 0.3) is 0 Å². The average Bonchev–Trinajstić information content (AvgIpc) is 2.55. The van der Waals surface area contributed by atoms with Gasteiger partial charge in [0.25, 0.3) is 0 Å². The molecule has 0 radical (unpaired) electrons. The standard InChI is InChI=1S/C15H13BrFNO3S/c1-20-14-7-9(15(19)21-2)3-6-13(14)18-22-10-4-5-11(16)12(17)8-10/h3-8,18H,1-2H3. The molecule has 0 atom stereocenters. The predicted molar refractivity (Wildman–Crippen MR) is 87.9 cm³/mol. The fraction of sp³-hybridized carbons (Fsp3) is 0.133. The van der Waals surface area contributed by atoms with E-state index in [0.29, 0.717) is 26.4 Å². The number of anilines is 1. The molecule has 2 aromatic carbocycles. The highest BCUT2D eigenvalue weighted by Crippen LogP contribution is 2.31. The van der Waals surface area contributed by atoms with Gasteiger partial charge in [-0.1, -0.05) is 0 Å². The molecular weight excluding hydrogens is 373 g/mol. The Hall–Kier alpha value is -1.73. The molecule has 0 fully saturated rings. The van der Waals surface area contributed by atoms with Gasteiger partial charge in [-0.2, -0.15) is 0 Å². The molecule has 1 N–H and O–H groups in total. The number of carbonyl (C=O) groups is 1. The number of methoxy groups -OCH3 is 2. The quantitative estimate of drug-likeness (QED) is 0.606. The van der Waals surface area contributed by atoms with Crippen molar-refractivity contribution >= 4 is 39.5 Å². The normalized spacial score (nSPS) is 10.2. The highest BCUT2D eigenvalue weighted by Gasteiger charge is 2.11. The van der Waals surface area contributed by atoms with Gasteiger partial charge in [-0.05, 0) is 64.3 Å². The fourth-order valence-corrected chi connectivity index (χ4v) is 2.62. The van der Waals surface area contributed by atoms with Crippen molar-refractivity contribution in [1.82, 2.24) is 0 Å². The van der Waals surface area contributed by atoms with Crippen LogP contribution in [0.1, 0.15) is 10.4 Å². The van der Waals surface area contributed by atoms with E-state index in [0.717, 1.165) is 0 Å². The van der Waals surface area contributed by atoms with Crippen LogP contribution in [0.4, 0.5) is 10.1 Å². The molecular formula is C15H13BrFNO3S. The van der Waals surface area contributed by atoms with Crippen LogP contribution in [0.15, 0.2) is 45.8 Å². The van der Waals surface area contributed by atoms with Gasteiger partial charge < -0.3 is 14.2 Å². The number of ether oxygens (including phenoxy) is 2. The number of hydrogen-bond acceptors (Lipinski definition) is 5. The van der Waals surface area contributed by atoms with E-state index < -0.39 is 5.97 Å². The van der Waals surface area contributed by atoms with E-state index >= 15 is 0 Å². The van der Waals surface area contributed by atoms with Gasteiger partial charge >= 0.3 is 5.97 Å². The summed E-state index contributed by atoms with van der Waals surface area (Å²) < 4.78 is 26.9. The molecule has 0 saturated carbocycles. The van der Waals surface area contributed by atoms with Crippen molar-refractivity contribution in [1.29, 1.82) is 0 Å². The maximum atomic E-state index is 13.5. The number of nitrogens with one attached hydrogen (secondary N) is 1. The minimum Gasteiger partial charge on any atom is -0.495 e. The average molecular weight is 386 g/mol. The van der Waals surface area contributed by atoms with E-state index in [2.05, 4.69) is 25.4 Å². The highest BCUT2D eigenvalue weighted by molar-refractivity contribution is 9.10. The number of carbonyl (C=O) groups excluding carboxylic acids is 1. The van der Waals surface area contributed by atoms with Crippen molar-refractivity contribution in [3.05, 3.63) is 52.3 Å². The summed E-state index contributed by atoms with van der Waals surface area (Å²) >= 11 is 4.35. The van der Waals surface area contributed by atoms with E-state index in [-0.39, 0.29) is 5.82 Å². The maximum absolute atomic E-state index is 13.5. The van der Waals surface area contributed by atoms with Crippen LogP contribution >= 0.6 is 27.9 Å². The van der Waals surface area contributed by atoms with Crippen molar-refractivity contribution in [3.8, 4) is 5.75 Å². The van der Waals surface area contributed by atoms with Gasteiger partial charge in [0.2, 0.25) is 0 Å². The molecule has 0 amide bonds. The lowest BCUT2D eigenvalue weighted by molar-refractivity contribution is 0.0600. The SMILES string of the molecule is COC(=O)c1ccc(NSc2ccc(Br)c(F)c2)c(OC)c1. The lowest BCUT2D eigenvalue weighted by atomic mass is 10.2. The first-order valence-electron chi connectivity index (χ1n) is 6.19. The van der Waals surface area contributed by atoms with Gasteiger partial charge in [-0.25, -0.2) is 9.18 Å². The second-order valence-corrected chi connectivity index (χ2v) is 5.92. The summed E-state index contributed by atoms with van der Waals surface area (Å²) in [5, 5.41) is 0. The van der Waals surface area contributed by atoms with Gasteiger partial charge in [-0.3, -0.25) is 0 Å². The minimum absolute atomic E-state index is 0.334. The predicted octanol–water partition coefficient (Wildman–Crippen LogP) is 4.50. The number of halogens is 2. The summed E-state index contributed by atoms with van der Waals surface area (Å²) in [6, 6.07) is 9.73. The lowest BCUT2D eigenvalue weighted by Crippen LogP contribution is -2.02. The maximum Gasteiger partial charge on any atom is 0.337 e. The zero-order valence-corrected chi connectivity index (χ0v) is 14.3. The van der Waals surface area contributed by atoms with E-state index in [1.54, 1.807) is 30.3 Å². The summed E-state index contributed by atoms with van der Waals surface area (Å²) in [5.41, 5.74) is 1.06. The largest absolute Gasteiger partial charge is 0.495 e. The molecule has 0 unspecified atom stereocenters. The van der Waals surface area contributed by atoms with E-state index in [1.165, 1.54) is 32.2 Å². The second kappa shape index (κ2) is 7.51. The first-order valence-corrected chi connectivity index (χ1v) is 7.80. The minimum atomic E-state index is -0.438.